The second-order valence-electron chi connectivity index (χ2n) is 15.6. The molecule has 0 saturated carbocycles. The molecule has 14 heteroatoms. The first-order valence-electron chi connectivity index (χ1n) is 21.4. The maximum Gasteiger partial charge on any atom is 0.332 e. The zero-order valence-corrected chi connectivity index (χ0v) is 37.4. The molecule has 4 atom stereocenters. The van der Waals surface area contributed by atoms with Crippen LogP contribution in [0.25, 0.3) is 0 Å². The Morgan fingerprint density at radius 3 is 1.35 bits per heavy atom. The van der Waals surface area contributed by atoms with E-state index in [2.05, 4.69) is 92.4 Å². The molecule has 2 heterocycles. The minimum absolute atomic E-state index is 0.000351. The number of aliphatic hydroxyl groups excluding tert-OH is 2. The molecule has 0 spiro atoms. The van der Waals surface area contributed by atoms with Crippen LogP contribution in [0.2, 0.25) is 10.0 Å². The van der Waals surface area contributed by atoms with Gasteiger partial charge in [0, 0.05) is 75.5 Å². The fraction of sp³-hybridized carbons (Fsp3) is 0.458. The lowest BCUT2D eigenvalue weighted by atomic mass is 9.96. The Bertz CT molecular complexity index is 1860. The average molecular weight is 894 g/mol. The topological polar surface area (TPSA) is 124 Å². The van der Waals surface area contributed by atoms with Gasteiger partial charge in [-0.1, -0.05) is 108 Å². The summed E-state index contributed by atoms with van der Waals surface area (Å²) < 4.78 is 20.7. The molecule has 12 nitrogen and oxygen atoms in total. The average Bonchev–Trinajstić information content (AvgIpc) is 3.29. The van der Waals surface area contributed by atoms with E-state index in [4.69, 9.17) is 52.4 Å². The van der Waals surface area contributed by atoms with Crippen molar-refractivity contribution in [1.29, 1.82) is 0 Å². The Kier molecular flexibility index (Phi) is 21.1. The van der Waals surface area contributed by atoms with E-state index in [1.165, 1.54) is 22.3 Å². The zero-order valence-electron chi connectivity index (χ0n) is 35.9. The lowest BCUT2D eigenvalue weighted by molar-refractivity contribution is -0.155. The van der Waals surface area contributed by atoms with Crippen LogP contribution < -0.4 is 0 Å². The summed E-state index contributed by atoms with van der Waals surface area (Å²) in [6, 6.07) is 37.7. The van der Waals surface area contributed by atoms with Crippen molar-refractivity contribution in [1.82, 2.24) is 19.6 Å². The smallest absolute Gasteiger partial charge is 0.332 e. The van der Waals surface area contributed by atoms with Gasteiger partial charge in [-0.15, -0.1) is 0 Å². The summed E-state index contributed by atoms with van der Waals surface area (Å²) in [5.41, 5.74) is 5.03. The Morgan fingerprint density at radius 1 is 0.581 bits per heavy atom. The molecule has 0 bridgehead atoms. The van der Waals surface area contributed by atoms with Crippen LogP contribution in [-0.4, -0.2) is 159 Å². The number of esters is 2. The molecule has 2 aliphatic rings. The SMILES string of the molecule is CC(CO)OC(=O)COCCN1CCN([C@H](c2ccccc2)c2ccc(Cl)cc2)CC1.CC(O)COC(=O)COCCN1CCN([C@H](c2ccccc2)c2ccc(Cl)cc2)CC1. The van der Waals surface area contributed by atoms with Crippen molar-refractivity contribution in [2.75, 3.05) is 105 Å². The van der Waals surface area contributed by atoms with E-state index >= 15 is 0 Å². The summed E-state index contributed by atoms with van der Waals surface area (Å²) in [7, 11) is 0. The molecule has 0 aromatic heterocycles. The van der Waals surface area contributed by atoms with Crippen LogP contribution >= 0.6 is 23.2 Å². The van der Waals surface area contributed by atoms with E-state index in [-0.39, 0.29) is 38.5 Å². The van der Waals surface area contributed by atoms with Crippen LogP contribution in [0.3, 0.4) is 0 Å². The molecule has 2 fully saturated rings. The molecule has 0 amide bonds. The summed E-state index contributed by atoms with van der Waals surface area (Å²) in [4.78, 5) is 32.8. The fourth-order valence-corrected chi connectivity index (χ4v) is 7.78. The molecule has 4 aromatic rings. The van der Waals surface area contributed by atoms with Crippen molar-refractivity contribution in [2.24, 2.45) is 0 Å². The molecule has 0 aliphatic carbocycles. The highest BCUT2D eigenvalue weighted by molar-refractivity contribution is 6.30. The number of ether oxygens (including phenoxy) is 4. The number of nitrogens with zero attached hydrogens (tertiary/aromatic N) is 4. The van der Waals surface area contributed by atoms with Gasteiger partial charge in [0.2, 0.25) is 0 Å². The highest BCUT2D eigenvalue weighted by atomic mass is 35.5. The highest BCUT2D eigenvalue weighted by Crippen LogP contribution is 2.32. The third-order valence-electron chi connectivity index (χ3n) is 10.8. The lowest BCUT2D eigenvalue weighted by Gasteiger charge is -2.39. The number of carbonyl (C=O) groups excluding carboxylic acids is 2. The van der Waals surface area contributed by atoms with Gasteiger partial charge in [0.1, 0.15) is 25.9 Å². The van der Waals surface area contributed by atoms with Crippen molar-refractivity contribution in [3.63, 3.8) is 0 Å². The number of hydrogen-bond donors (Lipinski definition) is 2. The van der Waals surface area contributed by atoms with Crippen LogP contribution in [-0.2, 0) is 28.5 Å². The lowest BCUT2D eigenvalue weighted by Crippen LogP contribution is -2.48. The van der Waals surface area contributed by atoms with E-state index in [0.29, 0.717) is 13.2 Å². The zero-order chi connectivity index (χ0) is 44.1. The summed E-state index contributed by atoms with van der Waals surface area (Å²) >= 11 is 12.2. The van der Waals surface area contributed by atoms with Gasteiger partial charge in [0.25, 0.3) is 0 Å². The number of halogens is 2. The van der Waals surface area contributed by atoms with Gasteiger partial charge in [0.05, 0.1) is 38.0 Å². The number of piperazine rings is 2. The van der Waals surface area contributed by atoms with E-state index in [9.17, 15) is 9.59 Å². The molecule has 2 unspecified atom stereocenters. The minimum atomic E-state index is -0.659. The fourth-order valence-electron chi connectivity index (χ4n) is 7.53. The van der Waals surface area contributed by atoms with Crippen molar-refractivity contribution >= 4 is 35.1 Å². The minimum Gasteiger partial charge on any atom is -0.461 e. The van der Waals surface area contributed by atoms with Crippen molar-refractivity contribution in [2.45, 2.75) is 38.1 Å². The van der Waals surface area contributed by atoms with Crippen LogP contribution in [0.5, 0.6) is 0 Å². The van der Waals surface area contributed by atoms with Gasteiger partial charge in [-0.2, -0.15) is 0 Å². The monoisotopic (exact) mass is 892 g/mol. The number of rotatable bonds is 20. The van der Waals surface area contributed by atoms with Gasteiger partial charge in [-0.05, 0) is 60.4 Å². The van der Waals surface area contributed by atoms with Crippen LogP contribution in [0, 0.1) is 0 Å². The Balaban J connectivity index is 0.000000234. The largest absolute Gasteiger partial charge is 0.461 e. The van der Waals surface area contributed by atoms with Crippen molar-refractivity contribution in [3.05, 3.63) is 141 Å². The van der Waals surface area contributed by atoms with E-state index in [0.717, 1.165) is 75.5 Å². The highest BCUT2D eigenvalue weighted by Gasteiger charge is 2.28. The van der Waals surface area contributed by atoms with Gasteiger partial charge < -0.3 is 29.2 Å². The molecule has 62 heavy (non-hydrogen) atoms. The van der Waals surface area contributed by atoms with Gasteiger partial charge in [-0.25, -0.2) is 9.59 Å². The van der Waals surface area contributed by atoms with E-state index in [1.54, 1.807) is 13.8 Å². The van der Waals surface area contributed by atoms with Crippen LogP contribution in [0.4, 0.5) is 0 Å². The van der Waals surface area contributed by atoms with Crippen LogP contribution in [0.15, 0.2) is 109 Å². The van der Waals surface area contributed by atoms with Crippen molar-refractivity contribution in [3.8, 4) is 0 Å². The number of carbonyl (C=O) groups is 2. The van der Waals surface area contributed by atoms with Gasteiger partial charge >= 0.3 is 11.9 Å². The molecular formula is C48H62Cl2N4O8. The van der Waals surface area contributed by atoms with Gasteiger partial charge in [0.15, 0.2) is 0 Å². The van der Waals surface area contributed by atoms with E-state index < -0.39 is 24.1 Å². The number of hydrogen-bond acceptors (Lipinski definition) is 12. The summed E-state index contributed by atoms with van der Waals surface area (Å²) in [5, 5.41) is 19.5. The first-order valence-corrected chi connectivity index (χ1v) is 22.2. The third kappa shape index (κ3) is 16.7. The van der Waals surface area contributed by atoms with Gasteiger partial charge in [-0.3, -0.25) is 19.6 Å². The molecule has 0 radical (unpaired) electrons. The Hall–Kier alpha value is -3.92. The molecule has 2 N–H and O–H groups in total. The third-order valence-corrected chi connectivity index (χ3v) is 11.3. The first kappa shape index (κ1) is 49.1. The molecule has 6 rings (SSSR count). The molecule has 4 aromatic carbocycles. The standard InChI is InChI=1S/2C24H31ClN2O4/c1-19(28)17-31-23(29)18-30-16-15-26-11-13-27(14-12-26)24(20-5-3-2-4-6-20)21-7-9-22(25)10-8-21;1-19(17-28)31-23(29)18-30-16-15-26-11-13-27(14-12-26)24(20-5-3-2-4-6-20)21-7-9-22(25)10-8-21/h2*2-10,19,24,28H,11-18H2,1H3/t2*19?,24-/m11/s1. The maximum absolute atomic E-state index is 11.6. The van der Waals surface area contributed by atoms with E-state index in [1.807, 2.05) is 36.4 Å². The number of aliphatic hydroxyl groups is 2. The summed E-state index contributed by atoms with van der Waals surface area (Å²) in [6.45, 7) is 12.9. The molecular weight excluding hydrogens is 831 g/mol. The van der Waals surface area contributed by atoms with Crippen molar-refractivity contribution < 1.29 is 38.7 Å². The molecule has 2 aliphatic heterocycles. The Morgan fingerprint density at radius 2 is 0.968 bits per heavy atom. The normalized spacial score (nSPS) is 17.3. The molecule has 2 saturated heterocycles. The predicted octanol–water partition coefficient (Wildman–Crippen LogP) is 5.98. The predicted molar refractivity (Wildman–Crippen MR) is 242 cm³/mol. The quantitative estimate of drug-likeness (QED) is 0.0803. The Labute approximate surface area is 376 Å². The summed E-state index contributed by atoms with van der Waals surface area (Å²) in [5.74, 6) is -0.889. The second-order valence-corrected chi connectivity index (χ2v) is 16.5. The first-order chi connectivity index (χ1) is 30.1. The summed E-state index contributed by atoms with van der Waals surface area (Å²) in [6.07, 6.45) is -1.16. The van der Waals surface area contributed by atoms with Crippen LogP contribution in [0.1, 0.15) is 48.2 Å². The maximum atomic E-state index is 11.6. The number of benzene rings is 4. The molecule has 336 valence electrons. The second kappa shape index (κ2) is 26.6.